The maximum atomic E-state index is 11.3. The molecule has 4 heteroatoms. The van der Waals surface area contributed by atoms with E-state index in [9.17, 15) is 4.79 Å². The van der Waals surface area contributed by atoms with Gasteiger partial charge in [0.05, 0.1) is 30.8 Å². The molecule has 0 bridgehead atoms. The molecule has 2 rings (SSSR count). The van der Waals surface area contributed by atoms with Gasteiger partial charge >= 0.3 is 0 Å². The Bertz CT molecular complexity index is 373. The zero-order valence-corrected chi connectivity index (χ0v) is 8.79. The van der Waals surface area contributed by atoms with Crippen molar-refractivity contribution in [3.8, 4) is 0 Å². The summed E-state index contributed by atoms with van der Waals surface area (Å²) in [6.45, 7) is 6.89. The highest BCUT2D eigenvalue weighted by atomic mass is 16.1. The number of nitrogens with one attached hydrogen (secondary N) is 1. The van der Waals surface area contributed by atoms with Gasteiger partial charge in [0.15, 0.2) is 0 Å². The summed E-state index contributed by atoms with van der Waals surface area (Å²) in [5, 5.41) is 2.79. The van der Waals surface area contributed by atoms with Crippen molar-refractivity contribution in [2.24, 2.45) is 0 Å². The monoisotopic (exact) mass is 193 g/mol. The van der Waals surface area contributed by atoms with Crippen LogP contribution in [-0.2, 0) is 23.3 Å². The summed E-state index contributed by atoms with van der Waals surface area (Å²) in [6.07, 6.45) is 2.25. The molecule has 0 saturated carbocycles. The van der Waals surface area contributed by atoms with Crippen LogP contribution in [0.3, 0.4) is 0 Å². The third kappa shape index (κ3) is 1.41. The van der Waals surface area contributed by atoms with Crippen molar-refractivity contribution in [3.05, 3.63) is 17.7 Å². The van der Waals surface area contributed by atoms with Gasteiger partial charge in [-0.2, -0.15) is 0 Å². The Morgan fingerprint density at radius 1 is 1.50 bits per heavy atom. The molecule has 1 amide bonds. The second-order valence-corrected chi connectivity index (χ2v) is 4.69. The van der Waals surface area contributed by atoms with Crippen LogP contribution in [0.1, 0.15) is 32.2 Å². The fourth-order valence-corrected chi connectivity index (χ4v) is 1.74. The minimum atomic E-state index is 0.0121. The van der Waals surface area contributed by atoms with E-state index >= 15 is 0 Å². The van der Waals surface area contributed by atoms with Gasteiger partial charge in [-0.1, -0.05) is 20.8 Å². The number of rotatable bonds is 0. The van der Waals surface area contributed by atoms with E-state index in [1.165, 1.54) is 0 Å². The first-order chi connectivity index (χ1) is 6.48. The van der Waals surface area contributed by atoms with E-state index in [-0.39, 0.29) is 11.3 Å². The van der Waals surface area contributed by atoms with E-state index in [2.05, 4.69) is 31.1 Å². The highest BCUT2D eigenvalue weighted by molar-refractivity contribution is 5.79. The lowest BCUT2D eigenvalue weighted by atomic mass is 9.89. The molecule has 0 aliphatic carbocycles. The second-order valence-electron chi connectivity index (χ2n) is 4.69. The molecule has 1 aromatic heterocycles. The van der Waals surface area contributed by atoms with Gasteiger partial charge in [-0.25, -0.2) is 4.98 Å². The van der Waals surface area contributed by atoms with E-state index in [0.717, 1.165) is 11.4 Å². The van der Waals surface area contributed by atoms with Crippen LogP contribution < -0.4 is 5.32 Å². The molecule has 14 heavy (non-hydrogen) atoms. The van der Waals surface area contributed by atoms with E-state index in [1.54, 1.807) is 6.33 Å². The number of hydrogen-bond acceptors (Lipinski definition) is 2. The quantitative estimate of drug-likeness (QED) is 0.662. The summed E-state index contributed by atoms with van der Waals surface area (Å²) < 4.78 is 2.00. The number of hydrogen-bond donors (Lipinski definition) is 1. The Kier molecular flexibility index (Phi) is 1.87. The predicted molar refractivity (Wildman–Crippen MR) is 52.8 cm³/mol. The van der Waals surface area contributed by atoms with Crippen LogP contribution in [-0.4, -0.2) is 15.5 Å². The molecule has 4 nitrogen and oxygen atoms in total. The van der Waals surface area contributed by atoms with E-state index in [0.29, 0.717) is 13.1 Å². The van der Waals surface area contributed by atoms with Crippen LogP contribution >= 0.6 is 0 Å². The lowest BCUT2D eigenvalue weighted by Gasteiger charge is -2.21. The van der Waals surface area contributed by atoms with Crippen LogP contribution in [0.5, 0.6) is 0 Å². The lowest BCUT2D eigenvalue weighted by Crippen LogP contribution is -2.35. The highest BCUT2D eigenvalue weighted by Crippen LogP contribution is 2.25. The molecule has 0 spiro atoms. The average Bonchev–Trinajstić information content (AvgIpc) is 2.45. The maximum Gasteiger partial charge on any atom is 0.227 e. The van der Waals surface area contributed by atoms with Gasteiger partial charge in [0.2, 0.25) is 5.91 Å². The van der Waals surface area contributed by atoms with Crippen molar-refractivity contribution < 1.29 is 4.79 Å². The Hall–Kier alpha value is -1.32. The fraction of sp³-hybridized carbons (Fsp3) is 0.600. The van der Waals surface area contributed by atoms with Crippen molar-refractivity contribution in [2.45, 2.75) is 39.3 Å². The Labute approximate surface area is 83.3 Å². The number of amides is 1. The molecule has 1 aromatic rings. The average molecular weight is 193 g/mol. The van der Waals surface area contributed by atoms with E-state index in [1.807, 2.05) is 4.57 Å². The topological polar surface area (TPSA) is 46.9 Å². The third-order valence-electron chi connectivity index (χ3n) is 2.43. The summed E-state index contributed by atoms with van der Waals surface area (Å²) in [6, 6.07) is 0. The van der Waals surface area contributed by atoms with Crippen molar-refractivity contribution >= 4 is 5.91 Å². The molecular weight excluding hydrogens is 178 g/mol. The van der Waals surface area contributed by atoms with Crippen molar-refractivity contribution in [2.75, 3.05) is 0 Å². The van der Waals surface area contributed by atoms with Crippen molar-refractivity contribution in [3.63, 3.8) is 0 Å². The first-order valence-corrected chi connectivity index (χ1v) is 4.79. The first kappa shape index (κ1) is 9.24. The number of aromatic nitrogens is 2. The molecule has 1 aliphatic heterocycles. The molecule has 0 unspecified atom stereocenters. The highest BCUT2D eigenvalue weighted by Gasteiger charge is 2.26. The fourth-order valence-electron chi connectivity index (χ4n) is 1.74. The number of nitrogens with zero attached hydrogens (tertiary/aromatic N) is 2. The lowest BCUT2D eigenvalue weighted by molar-refractivity contribution is -0.121. The van der Waals surface area contributed by atoms with Gasteiger partial charge in [0.1, 0.15) is 0 Å². The first-order valence-electron chi connectivity index (χ1n) is 4.79. The molecule has 0 radical (unpaired) electrons. The van der Waals surface area contributed by atoms with Gasteiger partial charge in [0.25, 0.3) is 0 Å². The Balaban J connectivity index is 2.45. The predicted octanol–water partition coefficient (Wildman–Crippen LogP) is 0.810. The second kappa shape index (κ2) is 2.83. The van der Waals surface area contributed by atoms with Crippen LogP contribution in [0, 0.1) is 0 Å². The van der Waals surface area contributed by atoms with Gasteiger partial charge in [-0.15, -0.1) is 0 Å². The van der Waals surface area contributed by atoms with Gasteiger partial charge in [-0.05, 0) is 0 Å². The Morgan fingerprint density at radius 2 is 2.21 bits per heavy atom. The van der Waals surface area contributed by atoms with Crippen molar-refractivity contribution in [1.29, 1.82) is 0 Å². The number of fused-ring (bicyclic) bond motifs is 1. The molecule has 0 fully saturated rings. The van der Waals surface area contributed by atoms with Crippen LogP contribution in [0.2, 0.25) is 0 Å². The zero-order chi connectivity index (χ0) is 10.3. The minimum Gasteiger partial charge on any atom is -0.338 e. The molecular formula is C10H15N3O. The molecule has 1 N–H and O–H groups in total. The SMILES string of the molecule is CC(C)(C)c1ncn2c1CC(=O)NC2. The molecule has 76 valence electrons. The normalized spacial score (nSPS) is 16.4. The van der Waals surface area contributed by atoms with Gasteiger partial charge in [0, 0.05) is 5.41 Å². The summed E-state index contributed by atoms with van der Waals surface area (Å²) in [5.74, 6) is 0.0866. The van der Waals surface area contributed by atoms with Crippen LogP contribution in [0.15, 0.2) is 6.33 Å². The summed E-state index contributed by atoms with van der Waals surface area (Å²) >= 11 is 0. The number of imidazole rings is 1. The molecule has 2 heterocycles. The minimum absolute atomic E-state index is 0.0121. The van der Waals surface area contributed by atoms with Crippen LogP contribution in [0.4, 0.5) is 0 Å². The summed E-state index contributed by atoms with van der Waals surface area (Å²) in [4.78, 5) is 15.6. The molecule has 1 aliphatic rings. The van der Waals surface area contributed by atoms with Gasteiger partial charge < -0.3 is 9.88 Å². The number of carbonyl (C=O) groups is 1. The van der Waals surface area contributed by atoms with E-state index in [4.69, 9.17) is 0 Å². The van der Waals surface area contributed by atoms with Crippen molar-refractivity contribution in [1.82, 2.24) is 14.9 Å². The molecule has 0 aromatic carbocycles. The largest absolute Gasteiger partial charge is 0.338 e. The van der Waals surface area contributed by atoms with Gasteiger partial charge in [-0.3, -0.25) is 4.79 Å². The summed E-state index contributed by atoms with van der Waals surface area (Å²) in [7, 11) is 0. The zero-order valence-electron chi connectivity index (χ0n) is 8.79. The standard InChI is InChI=1S/C10H15N3O/c1-10(2,3)9-7-4-8(14)11-5-13(7)6-12-9/h6H,4-5H2,1-3H3,(H,11,14). The van der Waals surface area contributed by atoms with Crippen LogP contribution in [0.25, 0.3) is 0 Å². The smallest absolute Gasteiger partial charge is 0.227 e. The van der Waals surface area contributed by atoms with E-state index < -0.39 is 0 Å². The Morgan fingerprint density at radius 3 is 2.86 bits per heavy atom. The number of carbonyl (C=O) groups excluding carboxylic acids is 1. The summed E-state index contributed by atoms with van der Waals surface area (Å²) in [5.41, 5.74) is 2.10. The molecule has 0 atom stereocenters. The maximum absolute atomic E-state index is 11.3. The molecule has 0 saturated heterocycles. The third-order valence-corrected chi connectivity index (χ3v) is 2.43.